The quantitative estimate of drug-likeness (QED) is 0.380. The molecule has 2 heterocycles. The molecule has 5 nitrogen and oxygen atoms in total. The first-order valence-electron chi connectivity index (χ1n) is 9.83. The van der Waals surface area contributed by atoms with E-state index in [2.05, 4.69) is 12.1 Å². The van der Waals surface area contributed by atoms with Crippen molar-refractivity contribution in [2.75, 3.05) is 27.9 Å². The van der Waals surface area contributed by atoms with Gasteiger partial charge in [-0.2, -0.15) is 0 Å². The van der Waals surface area contributed by atoms with E-state index in [1.165, 1.54) is 16.5 Å². The Labute approximate surface area is 164 Å². The molecule has 1 saturated heterocycles. The SMILES string of the molecule is COc1ccc2c3c(c4cc(OC)c(OC)cc4c2c1)C[N@+]1([O-])CCC[C@H]1C3. The van der Waals surface area contributed by atoms with Gasteiger partial charge in [-0.1, -0.05) is 6.07 Å². The molecule has 0 radical (unpaired) electrons. The monoisotopic (exact) mass is 379 g/mol. The maximum absolute atomic E-state index is 13.5. The van der Waals surface area contributed by atoms with E-state index in [0.29, 0.717) is 18.0 Å². The van der Waals surface area contributed by atoms with Crippen LogP contribution in [0.5, 0.6) is 17.2 Å². The highest BCUT2D eigenvalue weighted by molar-refractivity contribution is 6.12. The fourth-order valence-corrected chi connectivity index (χ4v) is 5.22. The molecule has 5 rings (SSSR count). The Balaban J connectivity index is 1.89. The molecule has 5 heteroatoms. The lowest BCUT2D eigenvalue weighted by Crippen LogP contribution is -2.49. The summed E-state index contributed by atoms with van der Waals surface area (Å²) >= 11 is 0. The van der Waals surface area contributed by atoms with E-state index < -0.39 is 0 Å². The fourth-order valence-electron chi connectivity index (χ4n) is 5.22. The molecule has 3 aromatic carbocycles. The van der Waals surface area contributed by atoms with Crippen molar-refractivity contribution in [1.82, 2.24) is 0 Å². The van der Waals surface area contributed by atoms with Gasteiger partial charge in [0.25, 0.3) is 0 Å². The van der Waals surface area contributed by atoms with Crippen molar-refractivity contribution >= 4 is 21.5 Å². The smallest absolute Gasteiger partial charge is 0.161 e. The number of hydroxylamine groups is 3. The number of benzene rings is 3. The van der Waals surface area contributed by atoms with Crippen molar-refractivity contribution in [2.24, 2.45) is 0 Å². The first-order valence-corrected chi connectivity index (χ1v) is 9.83. The molecular formula is C23H25NO4. The van der Waals surface area contributed by atoms with Crippen LogP contribution in [0.15, 0.2) is 30.3 Å². The van der Waals surface area contributed by atoms with Gasteiger partial charge in [-0.05, 0) is 51.4 Å². The minimum Gasteiger partial charge on any atom is -0.632 e. The molecule has 2 atom stereocenters. The lowest BCUT2D eigenvalue weighted by atomic mass is 9.85. The van der Waals surface area contributed by atoms with Crippen molar-refractivity contribution in [3.05, 3.63) is 46.7 Å². The fraction of sp³-hybridized carbons (Fsp3) is 0.391. The number of ether oxygens (including phenoxy) is 3. The van der Waals surface area contributed by atoms with Crippen LogP contribution in [0, 0.1) is 5.21 Å². The van der Waals surface area contributed by atoms with Crippen molar-refractivity contribution in [3.8, 4) is 17.2 Å². The van der Waals surface area contributed by atoms with E-state index in [-0.39, 0.29) is 10.7 Å². The predicted octanol–water partition coefficient (Wildman–Crippen LogP) is 4.55. The Bertz CT molecular complexity index is 1090. The van der Waals surface area contributed by atoms with Gasteiger partial charge in [-0.25, -0.2) is 0 Å². The first-order chi connectivity index (χ1) is 13.6. The maximum atomic E-state index is 13.5. The predicted molar refractivity (Wildman–Crippen MR) is 110 cm³/mol. The van der Waals surface area contributed by atoms with Gasteiger partial charge < -0.3 is 24.1 Å². The minimum atomic E-state index is -0.0852. The molecule has 0 spiro atoms. The van der Waals surface area contributed by atoms with Crippen LogP contribution in [0.4, 0.5) is 0 Å². The van der Waals surface area contributed by atoms with Crippen molar-refractivity contribution in [2.45, 2.75) is 31.8 Å². The van der Waals surface area contributed by atoms with Crippen LogP contribution in [0.2, 0.25) is 0 Å². The normalized spacial score (nSPS) is 23.5. The summed E-state index contributed by atoms with van der Waals surface area (Å²) in [6.07, 6.45) is 2.87. The summed E-state index contributed by atoms with van der Waals surface area (Å²) in [4.78, 5) is 0. The number of hydrogen-bond acceptors (Lipinski definition) is 4. The number of nitrogens with zero attached hydrogens (tertiary/aromatic N) is 1. The Hall–Kier alpha value is -2.50. The maximum Gasteiger partial charge on any atom is 0.161 e. The largest absolute Gasteiger partial charge is 0.632 e. The number of rotatable bonds is 3. The molecule has 28 heavy (non-hydrogen) atoms. The second-order valence-electron chi connectivity index (χ2n) is 7.96. The minimum absolute atomic E-state index is 0.0852. The van der Waals surface area contributed by atoms with Gasteiger partial charge >= 0.3 is 0 Å². The zero-order valence-electron chi connectivity index (χ0n) is 16.6. The van der Waals surface area contributed by atoms with Crippen LogP contribution in [0.3, 0.4) is 0 Å². The average molecular weight is 379 g/mol. The molecule has 1 fully saturated rings. The van der Waals surface area contributed by atoms with Gasteiger partial charge in [0.1, 0.15) is 12.3 Å². The number of hydrogen-bond donors (Lipinski definition) is 0. The van der Waals surface area contributed by atoms with Crippen LogP contribution in [0.1, 0.15) is 24.0 Å². The summed E-state index contributed by atoms with van der Waals surface area (Å²) < 4.78 is 16.5. The highest BCUT2D eigenvalue weighted by atomic mass is 16.5. The summed E-state index contributed by atoms with van der Waals surface area (Å²) in [7, 11) is 4.99. The van der Waals surface area contributed by atoms with E-state index in [1.807, 2.05) is 18.2 Å². The highest BCUT2D eigenvalue weighted by Gasteiger charge is 2.40. The summed E-state index contributed by atoms with van der Waals surface area (Å²) in [6, 6.07) is 10.5. The van der Waals surface area contributed by atoms with Crippen molar-refractivity contribution in [1.29, 1.82) is 0 Å². The molecule has 2 aliphatic rings. The van der Waals surface area contributed by atoms with Crippen molar-refractivity contribution < 1.29 is 18.9 Å². The Kier molecular flexibility index (Phi) is 3.93. The molecule has 3 aromatic rings. The van der Waals surface area contributed by atoms with E-state index in [1.54, 1.807) is 21.3 Å². The van der Waals surface area contributed by atoms with E-state index >= 15 is 0 Å². The number of quaternary nitrogens is 1. The molecule has 0 aromatic heterocycles. The third kappa shape index (κ3) is 2.39. The third-order valence-corrected chi connectivity index (χ3v) is 6.66. The van der Waals surface area contributed by atoms with Gasteiger partial charge in [0.05, 0.1) is 33.9 Å². The summed E-state index contributed by atoms with van der Waals surface area (Å²) in [5, 5.41) is 18.0. The van der Waals surface area contributed by atoms with E-state index in [4.69, 9.17) is 14.2 Å². The molecule has 0 aliphatic carbocycles. The Morgan fingerprint density at radius 3 is 2.29 bits per heavy atom. The van der Waals surface area contributed by atoms with Gasteiger partial charge in [0.15, 0.2) is 11.5 Å². The Morgan fingerprint density at radius 2 is 1.57 bits per heavy atom. The summed E-state index contributed by atoms with van der Waals surface area (Å²) in [6.45, 7) is 1.26. The van der Waals surface area contributed by atoms with Crippen LogP contribution in [-0.4, -0.2) is 38.6 Å². The average Bonchev–Trinajstić information content (AvgIpc) is 3.11. The van der Waals surface area contributed by atoms with Crippen LogP contribution < -0.4 is 14.2 Å². The zero-order valence-corrected chi connectivity index (χ0v) is 16.6. The molecule has 0 bridgehead atoms. The molecule has 0 N–H and O–H groups in total. The lowest BCUT2D eigenvalue weighted by molar-refractivity contribution is -0.907. The first kappa shape index (κ1) is 17.6. The molecule has 0 saturated carbocycles. The van der Waals surface area contributed by atoms with E-state index in [0.717, 1.165) is 47.7 Å². The third-order valence-electron chi connectivity index (χ3n) is 6.66. The second-order valence-corrected chi connectivity index (χ2v) is 7.96. The number of fused-ring (bicyclic) bond motifs is 7. The van der Waals surface area contributed by atoms with Gasteiger partial charge in [-0.3, -0.25) is 0 Å². The zero-order chi connectivity index (χ0) is 19.5. The highest BCUT2D eigenvalue weighted by Crippen LogP contribution is 2.46. The topological polar surface area (TPSA) is 50.8 Å². The second kappa shape index (κ2) is 6.26. The van der Waals surface area contributed by atoms with E-state index in [9.17, 15) is 5.21 Å². The standard InChI is InChI=1S/C23H25NO4/c1-26-15-6-7-16-17-9-14-5-4-8-24(14,25)13-21(17)20-12-23(28-3)22(27-2)11-19(20)18(16)10-15/h6-7,10-12,14H,4-5,8-9,13H2,1-3H3/t14-,24+/m0/s1. The lowest BCUT2D eigenvalue weighted by Gasteiger charge is -2.48. The van der Waals surface area contributed by atoms with Gasteiger partial charge in [-0.15, -0.1) is 0 Å². The molecule has 0 unspecified atom stereocenters. The number of methoxy groups -OCH3 is 3. The van der Waals surface area contributed by atoms with Crippen LogP contribution in [-0.2, 0) is 13.0 Å². The van der Waals surface area contributed by atoms with Crippen LogP contribution >= 0.6 is 0 Å². The van der Waals surface area contributed by atoms with Crippen molar-refractivity contribution in [3.63, 3.8) is 0 Å². The van der Waals surface area contributed by atoms with Gasteiger partial charge in [0.2, 0.25) is 0 Å². The molecule has 0 amide bonds. The van der Waals surface area contributed by atoms with Gasteiger partial charge in [0, 0.05) is 24.8 Å². The summed E-state index contributed by atoms with van der Waals surface area (Å²) in [5.74, 6) is 2.22. The summed E-state index contributed by atoms with van der Waals surface area (Å²) in [5.41, 5.74) is 2.48. The molecule has 2 aliphatic heterocycles. The Morgan fingerprint density at radius 1 is 0.857 bits per heavy atom. The molecular weight excluding hydrogens is 354 g/mol. The molecule has 146 valence electrons. The van der Waals surface area contributed by atoms with Crippen LogP contribution in [0.25, 0.3) is 21.5 Å².